The van der Waals surface area contributed by atoms with Crippen molar-refractivity contribution in [2.45, 2.75) is 103 Å². The largest absolute Gasteiger partial charge is 1.00 e. The molecule has 26 nitrogen and oxygen atoms in total. The van der Waals surface area contributed by atoms with Gasteiger partial charge in [0, 0.05) is 41.0 Å². The lowest BCUT2D eigenvalue weighted by atomic mass is 10.1. The standard InChI is InChI=1S/C33H36F3N7O6.C25H20F3N7O6.2ClH.4H2/c1-31(2,3)48-22-13-7-18(8-14-22)15-23(28(46)49-32(4,5)6)40-26(44)19-9-11-21(12-10-19)43(29(47)33(34,35)36)17-20-16-38-25-24(39-20)27(45)42-30(37)41-25;26-25(27,28)23(41)35(11-14-10-30-19-18(31-14)21(38)34-24(29)33-19)15-5-3-13(4-6-15)20(37)32-17(22(39)40)9-12-1-7-16(36)8-2-12;;;;;;/h7-14,16,23H,15,17H2,1-6H3,(H,40,44)(H3,37,38,41,42,45);1-8,10,17,36H,9,11H2,(H,32,37)(H,39,40)(H3,29,30,33,34,38);6*1H/t23-;17-;;;;;;/m00....../s1/i7+2,8+2,13+2,14+2,15+2,18+2,22+2,23+2,28+2;1+2,2+2,7+2,8+2,9+2,12+2,16+2,17+2,22+2;;;;;;. The summed E-state index contributed by atoms with van der Waals surface area (Å²) in [6.07, 6.45) is -8.21. The normalized spacial score (nSPS) is 12.1. The van der Waals surface area contributed by atoms with Gasteiger partial charge in [0.1, 0.15) is 58.6 Å². The Hall–Kier alpha value is -10.5. The monoisotopic (exact) mass is 1370 g/mol. The number of benzene rings is 4. The molecule has 4 amide bonds. The number of carboxylic acid groups (broad SMARTS) is 1. The van der Waals surface area contributed by atoms with Crippen molar-refractivity contribution in [3.63, 3.8) is 0 Å². The van der Waals surface area contributed by atoms with Gasteiger partial charge in [-0.15, -0.1) is 0 Å². The predicted octanol–water partition coefficient (Wildman–Crippen LogP) is -0.397. The summed E-state index contributed by atoms with van der Waals surface area (Å²) in [5.41, 5.74) is 8.17. The number of phenols is 1. The molecule has 0 aliphatic heterocycles. The number of phenolic OH excluding ortho intramolecular Hbond substituents is 1. The Morgan fingerprint density at radius 3 is 1.40 bits per heavy atom. The molecule has 0 saturated heterocycles. The Bertz CT molecular complexity index is 4140. The molecule has 0 fully saturated rings. The number of anilines is 4. The van der Waals surface area contributed by atoms with Gasteiger partial charge in [-0.2, -0.15) is 26.3 Å². The van der Waals surface area contributed by atoms with Crippen LogP contribution in [0.3, 0.4) is 0 Å². The number of amides is 4. The highest BCUT2D eigenvalue weighted by atomic mass is 35.5. The first-order chi connectivity index (χ1) is 42.0. The van der Waals surface area contributed by atoms with E-state index in [1.165, 1.54) is 42.6 Å². The SMILES string of the molecule is CC(C)(C)O[14C](=O)[14C@H]([14CH2][14c]1[14cH][14cH][14c](OC(C)(C)C)[14cH][14cH]1)NC(=O)c1ccc(N(Cc2c[nH+]c3nc(N)[nH]c(=O)c3n2)C(=O)C(F)(F)F)cc1.Nc1nc2[nH+]cc(CN(C(=O)C(F)(F)F)c3ccc(C(=O)N[14C@@H]([14CH2][14c]4[14cH][14cH][14c](O)[14cH][14cH]4)[14C](=O)O)cc3)nc2c(=O)[nH]1.[Cl-].[Cl-].[HH].[HH].[HH].[HH]. The van der Waals surface area contributed by atoms with Crippen LogP contribution in [0.1, 0.15) is 90.5 Å². The van der Waals surface area contributed by atoms with Crippen molar-refractivity contribution in [2.24, 2.45) is 0 Å². The van der Waals surface area contributed by atoms with Crippen molar-refractivity contribution in [1.29, 1.82) is 0 Å². The van der Waals surface area contributed by atoms with Crippen LogP contribution in [0.4, 0.5) is 49.6 Å². The zero-order valence-electron chi connectivity index (χ0n) is 49.2. The zero-order chi connectivity index (χ0) is 66.2. The molecular formula is C58H66Cl2F6N14O12. The van der Waals surface area contributed by atoms with Crippen molar-refractivity contribution in [1.82, 2.24) is 40.5 Å². The van der Waals surface area contributed by atoms with E-state index in [0.717, 1.165) is 42.6 Å². The lowest BCUT2D eigenvalue weighted by molar-refractivity contribution is -0.349. The number of esters is 1. The summed E-state index contributed by atoms with van der Waals surface area (Å²) in [5.74, 6) is -7.80. The molecular weight excluding hydrogens is 1310 g/mol. The minimum Gasteiger partial charge on any atom is -1.00 e. The van der Waals surface area contributed by atoms with Gasteiger partial charge in [0.25, 0.3) is 22.9 Å². The van der Waals surface area contributed by atoms with Crippen molar-refractivity contribution in [3.8, 4) is 11.5 Å². The quantitative estimate of drug-likeness (QED) is 0.0425. The predicted molar refractivity (Wildman–Crippen MR) is 316 cm³/mol. The molecule has 34 heteroatoms. The summed E-state index contributed by atoms with van der Waals surface area (Å²) in [5, 5.41) is 23.9. The van der Waals surface area contributed by atoms with Crippen LogP contribution in [-0.2, 0) is 49.8 Å². The highest BCUT2D eigenvalue weighted by molar-refractivity contribution is 6.01. The molecule has 0 radical (unpaired) electrons. The number of aromatic amines is 4. The maximum absolute atomic E-state index is 13.7. The van der Waals surface area contributed by atoms with Gasteiger partial charge in [-0.05, 0) is 135 Å². The molecule has 12 N–H and O–H groups in total. The molecule has 92 heavy (non-hydrogen) atoms. The van der Waals surface area contributed by atoms with Crippen LogP contribution in [0, 0.1) is 0 Å². The molecule has 8 aromatic rings. The third-order valence-corrected chi connectivity index (χ3v) is 12.3. The number of rotatable bonds is 17. The molecule has 0 aliphatic carbocycles. The number of nitrogens with one attached hydrogen (secondary N) is 6. The molecule has 0 spiro atoms. The minimum absolute atomic E-state index is 0. The maximum atomic E-state index is 13.7. The molecule has 4 aromatic carbocycles. The van der Waals surface area contributed by atoms with Gasteiger partial charge >= 0.3 is 59.3 Å². The van der Waals surface area contributed by atoms with E-state index in [-0.39, 0.29) is 117 Å². The maximum Gasteiger partial charge on any atom is 0.471 e. The van der Waals surface area contributed by atoms with E-state index in [2.05, 4.69) is 50.5 Å². The fourth-order valence-electron chi connectivity index (χ4n) is 8.37. The molecule has 0 unspecified atom stereocenters. The molecule has 0 aliphatic rings. The zero-order valence-corrected chi connectivity index (χ0v) is 50.7. The van der Waals surface area contributed by atoms with Crippen LogP contribution in [0.25, 0.3) is 22.3 Å². The smallest absolute Gasteiger partial charge is 0.471 e. The van der Waals surface area contributed by atoms with Gasteiger partial charge < -0.3 is 66.6 Å². The Morgan fingerprint density at radius 1 is 0.652 bits per heavy atom. The first-order valence-electron chi connectivity index (χ1n) is 26.7. The number of aromatic hydroxyl groups is 1. The summed E-state index contributed by atoms with van der Waals surface area (Å²) >= 11 is 0. The van der Waals surface area contributed by atoms with Crippen LogP contribution in [-0.4, -0.2) is 111 Å². The molecule has 496 valence electrons. The van der Waals surface area contributed by atoms with E-state index < -0.39 is 95.4 Å². The van der Waals surface area contributed by atoms with Gasteiger partial charge in [0.15, 0.2) is 0 Å². The van der Waals surface area contributed by atoms with Crippen LogP contribution in [0.15, 0.2) is 119 Å². The number of nitrogen functional groups attached to an aromatic ring is 2. The van der Waals surface area contributed by atoms with Gasteiger partial charge in [-0.1, -0.05) is 24.3 Å². The van der Waals surface area contributed by atoms with E-state index >= 15 is 0 Å². The molecule has 2 atom stereocenters. The highest BCUT2D eigenvalue weighted by Gasteiger charge is 2.45. The third kappa shape index (κ3) is 19.7. The summed E-state index contributed by atoms with van der Waals surface area (Å²) in [6, 6.07) is 19.4. The number of hydrogen-bond acceptors (Lipinski definition) is 17. The Balaban J connectivity index is 0.000000915. The summed E-state index contributed by atoms with van der Waals surface area (Å²) in [6.45, 7) is 9.38. The summed E-state index contributed by atoms with van der Waals surface area (Å²) in [4.78, 5) is 126. The minimum atomic E-state index is -5.27. The van der Waals surface area contributed by atoms with Gasteiger partial charge in [-0.3, -0.25) is 48.5 Å². The van der Waals surface area contributed by atoms with E-state index in [0.29, 0.717) is 26.7 Å². The molecule has 8 rings (SSSR count). The van der Waals surface area contributed by atoms with Crippen LogP contribution in [0.5, 0.6) is 11.5 Å². The Labute approximate surface area is 535 Å². The molecule has 0 saturated carbocycles. The average Bonchev–Trinajstić information content (AvgIpc) is 0.808. The number of alkyl halides is 6. The fraction of sp³-hybridized carbons (Fsp3) is 0.276. The number of aliphatic carboxylic acids is 1. The van der Waals surface area contributed by atoms with E-state index in [4.69, 9.17) is 20.9 Å². The average molecular weight is 1370 g/mol. The Kier molecular flexibility index (Phi) is 23.1. The van der Waals surface area contributed by atoms with Crippen molar-refractivity contribution >= 4 is 81.2 Å². The number of nitrogens with zero attached hydrogens (tertiary/aromatic N) is 6. The van der Waals surface area contributed by atoms with Crippen molar-refractivity contribution in [2.75, 3.05) is 21.3 Å². The number of halogens is 8. The lowest BCUT2D eigenvalue weighted by Gasteiger charge is -2.25. The van der Waals surface area contributed by atoms with E-state index in [9.17, 15) is 74.9 Å². The number of H-pyrrole nitrogens is 4. The number of carbonyl (C=O) groups is 6. The topological polar surface area (TPSA) is 389 Å². The van der Waals surface area contributed by atoms with Crippen molar-refractivity contribution in [3.05, 3.63) is 164 Å². The van der Waals surface area contributed by atoms with Gasteiger partial charge in [0.2, 0.25) is 11.0 Å². The second-order valence-electron chi connectivity index (χ2n) is 21.8. The van der Waals surface area contributed by atoms with Crippen LogP contribution in [0.2, 0.25) is 0 Å². The summed E-state index contributed by atoms with van der Waals surface area (Å²) < 4.78 is 92.7. The Morgan fingerprint density at radius 2 is 1.03 bits per heavy atom. The first kappa shape index (κ1) is 72.2. The molecule has 4 aromatic heterocycles. The number of ether oxygens (including phenoxy) is 2. The third-order valence-electron chi connectivity index (χ3n) is 12.3. The second kappa shape index (κ2) is 29.4. The van der Waals surface area contributed by atoms with Crippen LogP contribution < -0.4 is 82.5 Å². The number of carboxylic acids is 1. The number of carbonyl (C=O) groups excluding carboxylic acids is 5. The van der Waals surface area contributed by atoms with E-state index in [1.54, 1.807) is 45.0 Å². The number of fused-ring (bicyclic) bond motifs is 2. The number of hydrogen-bond donors (Lipinski definition) is 8. The number of aromatic nitrogens is 8. The first-order valence-corrected chi connectivity index (χ1v) is 26.7. The molecule has 0 bridgehead atoms. The van der Waals surface area contributed by atoms with Crippen molar-refractivity contribution < 1.29 is 115 Å². The summed E-state index contributed by atoms with van der Waals surface area (Å²) in [7, 11) is 0. The molecule has 4 heterocycles. The lowest BCUT2D eigenvalue weighted by Crippen LogP contribution is -3.00. The van der Waals surface area contributed by atoms with E-state index in [1.807, 2.05) is 20.8 Å². The van der Waals surface area contributed by atoms with Crippen LogP contribution >= 0.6 is 0 Å². The fourth-order valence-corrected chi connectivity index (χ4v) is 8.37. The second-order valence-corrected chi connectivity index (χ2v) is 21.8. The highest BCUT2D eigenvalue weighted by Crippen LogP contribution is 2.29. The number of nitrogens with two attached hydrogens (primary N) is 2. The van der Waals surface area contributed by atoms with Gasteiger partial charge in [0.05, 0.1) is 13.1 Å². The van der Waals surface area contributed by atoms with Gasteiger partial charge in [-0.25, -0.2) is 29.5 Å².